The monoisotopic (exact) mass is 317 g/mol. The van der Waals surface area contributed by atoms with Crippen LogP contribution >= 0.6 is 11.3 Å². The van der Waals surface area contributed by atoms with Crippen molar-refractivity contribution in [1.82, 2.24) is 4.90 Å². The van der Waals surface area contributed by atoms with Crippen molar-refractivity contribution in [1.29, 1.82) is 0 Å². The largest absolute Gasteiger partial charge is 0.497 e. The SMILES string of the molecule is COc1cccc(COCC(=O)N2CCc3sccc3C2)c1. The number of amides is 1. The molecule has 0 saturated carbocycles. The lowest BCUT2D eigenvalue weighted by molar-refractivity contribution is -0.137. The molecule has 0 aliphatic carbocycles. The smallest absolute Gasteiger partial charge is 0.248 e. The molecule has 1 aromatic heterocycles. The van der Waals surface area contributed by atoms with Crippen molar-refractivity contribution in [3.63, 3.8) is 0 Å². The van der Waals surface area contributed by atoms with Gasteiger partial charge in [0.2, 0.25) is 5.91 Å². The summed E-state index contributed by atoms with van der Waals surface area (Å²) >= 11 is 1.78. The van der Waals surface area contributed by atoms with E-state index in [0.717, 1.165) is 24.3 Å². The maximum absolute atomic E-state index is 12.2. The van der Waals surface area contributed by atoms with E-state index < -0.39 is 0 Å². The number of thiophene rings is 1. The molecule has 0 N–H and O–H groups in total. The van der Waals surface area contributed by atoms with Crippen molar-refractivity contribution in [2.24, 2.45) is 0 Å². The zero-order chi connectivity index (χ0) is 15.4. The molecule has 5 heteroatoms. The molecule has 0 spiro atoms. The van der Waals surface area contributed by atoms with E-state index in [4.69, 9.17) is 9.47 Å². The van der Waals surface area contributed by atoms with Crippen molar-refractivity contribution in [3.05, 3.63) is 51.7 Å². The summed E-state index contributed by atoms with van der Waals surface area (Å²) in [5.74, 6) is 0.855. The predicted octanol–water partition coefficient (Wildman–Crippen LogP) is 2.86. The van der Waals surface area contributed by atoms with Gasteiger partial charge in [0.05, 0.1) is 13.7 Å². The van der Waals surface area contributed by atoms with Crippen LogP contribution in [0.2, 0.25) is 0 Å². The molecule has 4 nitrogen and oxygen atoms in total. The van der Waals surface area contributed by atoms with E-state index in [2.05, 4.69) is 11.4 Å². The summed E-state index contributed by atoms with van der Waals surface area (Å²) in [5, 5.41) is 2.10. The van der Waals surface area contributed by atoms with Crippen LogP contribution in [0.25, 0.3) is 0 Å². The van der Waals surface area contributed by atoms with Crippen LogP contribution in [-0.2, 0) is 29.1 Å². The van der Waals surface area contributed by atoms with Crippen molar-refractivity contribution >= 4 is 17.2 Å². The number of rotatable bonds is 5. The fraction of sp³-hybridized carbons (Fsp3) is 0.353. The Balaban J connectivity index is 1.48. The van der Waals surface area contributed by atoms with E-state index in [0.29, 0.717) is 13.2 Å². The second-order valence-corrected chi connectivity index (χ2v) is 6.28. The quantitative estimate of drug-likeness (QED) is 0.851. The van der Waals surface area contributed by atoms with Gasteiger partial charge < -0.3 is 14.4 Å². The molecule has 0 atom stereocenters. The van der Waals surface area contributed by atoms with Crippen LogP contribution in [0.4, 0.5) is 0 Å². The Labute approximate surface area is 134 Å². The summed E-state index contributed by atoms with van der Waals surface area (Å²) in [6.07, 6.45) is 0.953. The Kier molecular flexibility index (Phi) is 4.75. The standard InChI is InChI=1S/C17H19NO3S/c1-20-15-4-2-3-13(9-15)11-21-12-17(19)18-7-5-16-14(10-18)6-8-22-16/h2-4,6,8-9H,5,7,10-12H2,1H3. The van der Waals surface area contributed by atoms with Crippen LogP contribution in [0.15, 0.2) is 35.7 Å². The van der Waals surface area contributed by atoms with Crippen LogP contribution in [0, 0.1) is 0 Å². The molecule has 0 unspecified atom stereocenters. The van der Waals surface area contributed by atoms with Crippen LogP contribution in [0.1, 0.15) is 16.0 Å². The van der Waals surface area contributed by atoms with Gasteiger partial charge in [-0.1, -0.05) is 12.1 Å². The summed E-state index contributed by atoms with van der Waals surface area (Å²) in [6, 6.07) is 9.80. The third-order valence-electron chi connectivity index (χ3n) is 3.79. The van der Waals surface area contributed by atoms with Gasteiger partial charge >= 0.3 is 0 Å². The van der Waals surface area contributed by atoms with Gasteiger partial charge in [0.1, 0.15) is 12.4 Å². The first-order valence-corrected chi connectivity index (χ1v) is 8.18. The number of hydrogen-bond acceptors (Lipinski definition) is 4. The van der Waals surface area contributed by atoms with E-state index in [1.807, 2.05) is 29.2 Å². The lowest BCUT2D eigenvalue weighted by Crippen LogP contribution is -2.37. The van der Waals surface area contributed by atoms with Gasteiger partial charge in [-0.3, -0.25) is 4.79 Å². The minimum Gasteiger partial charge on any atom is -0.497 e. The molecule has 0 radical (unpaired) electrons. The molecule has 3 rings (SSSR count). The van der Waals surface area contributed by atoms with Gasteiger partial charge in [-0.15, -0.1) is 11.3 Å². The number of fused-ring (bicyclic) bond motifs is 1. The maximum Gasteiger partial charge on any atom is 0.248 e. The minimum atomic E-state index is 0.0553. The maximum atomic E-state index is 12.2. The van der Waals surface area contributed by atoms with Gasteiger partial charge in [0.15, 0.2) is 0 Å². The zero-order valence-electron chi connectivity index (χ0n) is 12.6. The minimum absolute atomic E-state index is 0.0553. The number of ether oxygens (including phenoxy) is 2. The van der Waals surface area contributed by atoms with Gasteiger partial charge in [-0.25, -0.2) is 0 Å². The van der Waals surface area contributed by atoms with E-state index >= 15 is 0 Å². The summed E-state index contributed by atoms with van der Waals surface area (Å²) in [4.78, 5) is 15.5. The number of hydrogen-bond donors (Lipinski definition) is 0. The number of carbonyl (C=O) groups is 1. The van der Waals surface area contributed by atoms with Crippen molar-refractivity contribution in [2.45, 2.75) is 19.6 Å². The number of nitrogens with zero attached hydrogens (tertiary/aromatic N) is 1. The first kappa shape index (κ1) is 15.1. The molecule has 116 valence electrons. The molecule has 1 aliphatic rings. The average molecular weight is 317 g/mol. The first-order chi connectivity index (χ1) is 10.8. The predicted molar refractivity (Wildman–Crippen MR) is 86.1 cm³/mol. The van der Waals surface area contributed by atoms with E-state index in [-0.39, 0.29) is 12.5 Å². The summed E-state index contributed by atoms with van der Waals surface area (Å²) < 4.78 is 10.7. The topological polar surface area (TPSA) is 38.8 Å². The van der Waals surface area contributed by atoms with Gasteiger partial charge in [-0.05, 0) is 41.1 Å². The van der Waals surface area contributed by atoms with Crippen LogP contribution in [-0.4, -0.2) is 31.1 Å². The molecule has 2 heterocycles. The average Bonchev–Trinajstić information content (AvgIpc) is 3.02. The summed E-state index contributed by atoms with van der Waals surface area (Å²) in [7, 11) is 1.64. The van der Waals surface area contributed by atoms with Crippen LogP contribution < -0.4 is 4.74 Å². The highest BCUT2D eigenvalue weighted by Gasteiger charge is 2.21. The molecule has 1 amide bonds. The Hall–Kier alpha value is -1.85. The lowest BCUT2D eigenvalue weighted by Gasteiger charge is -2.26. The molecule has 1 aliphatic heterocycles. The molecule has 0 fully saturated rings. The highest BCUT2D eigenvalue weighted by atomic mass is 32.1. The number of methoxy groups -OCH3 is 1. The Morgan fingerprint density at radius 2 is 2.27 bits per heavy atom. The Morgan fingerprint density at radius 1 is 1.36 bits per heavy atom. The fourth-order valence-electron chi connectivity index (χ4n) is 2.57. The van der Waals surface area contributed by atoms with E-state index in [9.17, 15) is 4.79 Å². The molecule has 0 bridgehead atoms. The van der Waals surface area contributed by atoms with Crippen molar-refractivity contribution in [2.75, 3.05) is 20.3 Å². The summed E-state index contributed by atoms with van der Waals surface area (Å²) in [5.41, 5.74) is 2.28. The van der Waals surface area contributed by atoms with E-state index in [1.54, 1.807) is 18.4 Å². The molecule has 1 aromatic carbocycles. The Bertz CT molecular complexity index is 653. The zero-order valence-corrected chi connectivity index (χ0v) is 13.4. The highest BCUT2D eigenvalue weighted by Crippen LogP contribution is 2.24. The fourth-order valence-corrected chi connectivity index (χ4v) is 3.46. The lowest BCUT2D eigenvalue weighted by atomic mass is 10.1. The van der Waals surface area contributed by atoms with Gasteiger partial charge in [-0.2, -0.15) is 0 Å². The molecule has 22 heavy (non-hydrogen) atoms. The number of benzene rings is 1. The first-order valence-electron chi connectivity index (χ1n) is 7.30. The Morgan fingerprint density at radius 3 is 3.14 bits per heavy atom. The molecular formula is C17H19NO3S. The van der Waals surface area contributed by atoms with E-state index in [1.165, 1.54) is 10.4 Å². The number of carbonyl (C=O) groups excluding carboxylic acids is 1. The second-order valence-electron chi connectivity index (χ2n) is 5.28. The molecule has 2 aromatic rings. The van der Waals surface area contributed by atoms with Crippen LogP contribution in [0.3, 0.4) is 0 Å². The summed E-state index contributed by atoms with van der Waals surface area (Å²) in [6.45, 7) is 2.03. The van der Waals surface area contributed by atoms with Gasteiger partial charge in [0.25, 0.3) is 0 Å². The molecule has 0 saturated heterocycles. The third-order valence-corrected chi connectivity index (χ3v) is 4.81. The van der Waals surface area contributed by atoms with Crippen molar-refractivity contribution < 1.29 is 14.3 Å². The highest BCUT2D eigenvalue weighted by molar-refractivity contribution is 7.10. The van der Waals surface area contributed by atoms with Crippen LogP contribution in [0.5, 0.6) is 5.75 Å². The third kappa shape index (κ3) is 3.48. The normalized spacial score (nSPS) is 13.8. The second kappa shape index (κ2) is 6.94. The molecular weight excluding hydrogens is 298 g/mol. The van der Waals surface area contributed by atoms with Crippen molar-refractivity contribution in [3.8, 4) is 5.75 Å². The van der Waals surface area contributed by atoms with Gasteiger partial charge in [0, 0.05) is 18.0 Å².